The third-order valence-corrected chi connectivity index (χ3v) is 3.15. The predicted molar refractivity (Wildman–Crippen MR) is 80.9 cm³/mol. The number of hydrogen-bond donors (Lipinski definition) is 0. The van der Waals surface area contributed by atoms with Crippen molar-refractivity contribution in [2.24, 2.45) is 0 Å². The number of nitrogens with zero attached hydrogens (tertiary/aromatic N) is 2. The van der Waals surface area contributed by atoms with Crippen LogP contribution in [0.2, 0.25) is 0 Å². The molecule has 0 unspecified atom stereocenters. The van der Waals surface area contributed by atoms with Crippen molar-refractivity contribution < 1.29 is 4.74 Å². The van der Waals surface area contributed by atoms with Crippen LogP contribution >= 0.6 is 0 Å². The minimum Gasteiger partial charge on any atom is -0.472 e. The van der Waals surface area contributed by atoms with Gasteiger partial charge in [-0.15, -0.1) is 0 Å². The first-order valence-corrected chi connectivity index (χ1v) is 7.04. The summed E-state index contributed by atoms with van der Waals surface area (Å²) in [5.74, 6) is 1.52. The van der Waals surface area contributed by atoms with Gasteiger partial charge in [-0.05, 0) is 11.0 Å². The monoisotopic (exact) mass is 270 g/mol. The lowest BCUT2D eigenvalue weighted by Crippen LogP contribution is -2.16. The van der Waals surface area contributed by atoms with Crippen LogP contribution in [0.15, 0.2) is 36.5 Å². The van der Waals surface area contributed by atoms with Crippen molar-refractivity contribution >= 4 is 0 Å². The van der Waals surface area contributed by atoms with Crippen molar-refractivity contribution in [3.8, 4) is 5.88 Å². The van der Waals surface area contributed by atoms with Crippen LogP contribution in [0.25, 0.3) is 0 Å². The first-order chi connectivity index (χ1) is 9.50. The molecule has 3 nitrogen and oxygen atoms in total. The van der Waals surface area contributed by atoms with Crippen LogP contribution in [-0.2, 0) is 18.4 Å². The van der Waals surface area contributed by atoms with Gasteiger partial charge in [0, 0.05) is 18.2 Å². The van der Waals surface area contributed by atoms with Gasteiger partial charge in [0.05, 0.1) is 0 Å². The summed E-state index contributed by atoms with van der Waals surface area (Å²) in [5, 5.41) is 0. The second-order valence-electron chi connectivity index (χ2n) is 5.88. The second kappa shape index (κ2) is 6.04. The fourth-order valence-corrected chi connectivity index (χ4v) is 1.92. The molecule has 1 aromatic heterocycles. The molecule has 2 rings (SSSR count). The van der Waals surface area contributed by atoms with Crippen LogP contribution in [0.4, 0.5) is 0 Å². The van der Waals surface area contributed by atoms with E-state index in [9.17, 15) is 0 Å². The molecule has 0 spiro atoms. The standard InChI is InChI=1S/C17H22N2O/c1-5-15-18-11-14(17(2,3)4)16(19-15)20-12-13-9-7-6-8-10-13/h6-11H,5,12H2,1-4H3. The maximum Gasteiger partial charge on any atom is 0.220 e. The van der Waals surface area contributed by atoms with Crippen LogP contribution in [0.3, 0.4) is 0 Å². The first kappa shape index (κ1) is 14.5. The smallest absolute Gasteiger partial charge is 0.220 e. The minimum atomic E-state index is -0.0295. The van der Waals surface area contributed by atoms with E-state index in [-0.39, 0.29) is 5.41 Å². The van der Waals surface area contributed by atoms with Crippen molar-refractivity contribution in [1.29, 1.82) is 0 Å². The number of hydrogen-bond acceptors (Lipinski definition) is 3. The Morgan fingerprint density at radius 3 is 2.40 bits per heavy atom. The average Bonchev–Trinajstić information content (AvgIpc) is 2.45. The van der Waals surface area contributed by atoms with E-state index in [1.807, 2.05) is 31.3 Å². The molecule has 1 heterocycles. The van der Waals surface area contributed by atoms with E-state index >= 15 is 0 Å². The Labute approximate surface area is 121 Å². The number of ether oxygens (including phenoxy) is 1. The van der Waals surface area contributed by atoms with Crippen molar-refractivity contribution in [3.05, 3.63) is 53.5 Å². The molecule has 0 radical (unpaired) electrons. The topological polar surface area (TPSA) is 35.0 Å². The molecule has 0 aliphatic carbocycles. The molecule has 0 aliphatic rings. The van der Waals surface area contributed by atoms with Gasteiger partial charge in [-0.1, -0.05) is 58.0 Å². The summed E-state index contributed by atoms with van der Waals surface area (Å²) in [4.78, 5) is 8.93. The molecule has 0 fully saturated rings. The van der Waals surface area contributed by atoms with Crippen LogP contribution in [0.5, 0.6) is 5.88 Å². The van der Waals surface area contributed by atoms with Gasteiger partial charge in [-0.25, -0.2) is 4.98 Å². The Balaban J connectivity index is 2.24. The Morgan fingerprint density at radius 1 is 1.10 bits per heavy atom. The summed E-state index contributed by atoms with van der Waals surface area (Å²) in [6.07, 6.45) is 2.71. The maximum atomic E-state index is 5.94. The van der Waals surface area contributed by atoms with Crippen LogP contribution in [0.1, 0.15) is 44.6 Å². The van der Waals surface area contributed by atoms with E-state index in [2.05, 4.69) is 42.9 Å². The van der Waals surface area contributed by atoms with E-state index in [0.29, 0.717) is 12.5 Å². The lowest BCUT2D eigenvalue weighted by atomic mass is 9.89. The highest BCUT2D eigenvalue weighted by atomic mass is 16.5. The van der Waals surface area contributed by atoms with Gasteiger partial charge in [0.1, 0.15) is 12.4 Å². The highest BCUT2D eigenvalue weighted by Gasteiger charge is 2.21. The molecule has 20 heavy (non-hydrogen) atoms. The first-order valence-electron chi connectivity index (χ1n) is 7.04. The van der Waals surface area contributed by atoms with E-state index in [1.54, 1.807) is 0 Å². The summed E-state index contributed by atoms with van der Waals surface area (Å²) in [5.41, 5.74) is 2.16. The van der Waals surface area contributed by atoms with Gasteiger partial charge in [0.25, 0.3) is 0 Å². The zero-order valence-corrected chi connectivity index (χ0v) is 12.7. The fourth-order valence-electron chi connectivity index (χ4n) is 1.92. The van der Waals surface area contributed by atoms with Crippen LogP contribution < -0.4 is 4.74 Å². The van der Waals surface area contributed by atoms with E-state index in [1.165, 1.54) is 0 Å². The van der Waals surface area contributed by atoms with Gasteiger partial charge >= 0.3 is 0 Å². The molecule has 3 heteroatoms. The number of rotatable bonds is 4. The molecule has 0 N–H and O–H groups in total. The minimum absolute atomic E-state index is 0.0295. The van der Waals surface area contributed by atoms with Gasteiger partial charge in [0.15, 0.2) is 0 Å². The molecule has 0 amide bonds. The number of aryl methyl sites for hydroxylation is 1. The lowest BCUT2D eigenvalue weighted by Gasteiger charge is -2.21. The SMILES string of the molecule is CCc1ncc(C(C)(C)C)c(OCc2ccccc2)n1. The Hall–Kier alpha value is -1.90. The Bertz CT molecular complexity index is 559. The maximum absolute atomic E-state index is 5.94. The third kappa shape index (κ3) is 3.56. The van der Waals surface area contributed by atoms with Crippen LogP contribution in [-0.4, -0.2) is 9.97 Å². The zero-order chi connectivity index (χ0) is 14.6. The fraction of sp³-hybridized carbons (Fsp3) is 0.412. The number of aromatic nitrogens is 2. The Kier molecular flexibility index (Phi) is 4.38. The molecule has 0 saturated carbocycles. The second-order valence-corrected chi connectivity index (χ2v) is 5.88. The summed E-state index contributed by atoms with van der Waals surface area (Å²) >= 11 is 0. The average molecular weight is 270 g/mol. The molecule has 0 saturated heterocycles. The third-order valence-electron chi connectivity index (χ3n) is 3.15. The normalized spacial score (nSPS) is 11.4. The summed E-state index contributed by atoms with van der Waals surface area (Å²) in [6.45, 7) is 9.02. The van der Waals surface area contributed by atoms with Gasteiger partial charge in [-0.2, -0.15) is 4.98 Å². The summed E-state index contributed by atoms with van der Waals surface area (Å²) in [7, 11) is 0. The summed E-state index contributed by atoms with van der Waals surface area (Å²) < 4.78 is 5.94. The van der Waals surface area contributed by atoms with E-state index < -0.39 is 0 Å². The lowest BCUT2D eigenvalue weighted by molar-refractivity contribution is 0.283. The van der Waals surface area contributed by atoms with Gasteiger partial charge in [-0.3, -0.25) is 0 Å². The van der Waals surface area contributed by atoms with Crippen LogP contribution in [0, 0.1) is 0 Å². The molecule has 0 bridgehead atoms. The molecule has 0 aliphatic heterocycles. The molecule has 1 aromatic carbocycles. The van der Waals surface area contributed by atoms with E-state index in [0.717, 1.165) is 23.4 Å². The molecular formula is C17H22N2O. The largest absolute Gasteiger partial charge is 0.472 e. The van der Waals surface area contributed by atoms with Gasteiger partial charge < -0.3 is 4.74 Å². The molecular weight excluding hydrogens is 248 g/mol. The molecule has 2 aromatic rings. The van der Waals surface area contributed by atoms with Crippen molar-refractivity contribution in [3.63, 3.8) is 0 Å². The quantitative estimate of drug-likeness (QED) is 0.844. The van der Waals surface area contributed by atoms with E-state index in [4.69, 9.17) is 4.74 Å². The van der Waals surface area contributed by atoms with Crippen molar-refractivity contribution in [1.82, 2.24) is 9.97 Å². The summed E-state index contributed by atoms with van der Waals surface area (Å²) in [6, 6.07) is 10.1. The highest BCUT2D eigenvalue weighted by molar-refractivity contribution is 5.31. The predicted octanol–water partition coefficient (Wildman–Crippen LogP) is 3.92. The van der Waals surface area contributed by atoms with Gasteiger partial charge in [0.2, 0.25) is 5.88 Å². The van der Waals surface area contributed by atoms with Crippen molar-refractivity contribution in [2.75, 3.05) is 0 Å². The number of benzene rings is 1. The zero-order valence-electron chi connectivity index (χ0n) is 12.7. The highest BCUT2D eigenvalue weighted by Crippen LogP contribution is 2.29. The molecule has 0 atom stereocenters. The Morgan fingerprint density at radius 2 is 1.80 bits per heavy atom. The van der Waals surface area contributed by atoms with Crippen molar-refractivity contribution in [2.45, 2.75) is 46.1 Å². The molecule has 106 valence electrons.